The van der Waals surface area contributed by atoms with E-state index in [9.17, 15) is 4.79 Å². The molecule has 2 heterocycles. The molecule has 0 radical (unpaired) electrons. The van der Waals surface area contributed by atoms with Gasteiger partial charge in [-0.15, -0.1) is 0 Å². The SMILES string of the molecule is CN(C)C1CCN(C(=O)C2COCC2N)CC1. The lowest BCUT2D eigenvalue weighted by Gasteiger charge is -2.36. The summed E-state index contributed by atoms with van der Waals surface area (Å²) in [7, 11) is 4.20. The van der Waals surface area contributed by atoms with Crippen molar-refractivity contribution in [2.24, 2.45) is 11.7 Å². The first-order valence-corrected chi connectivity index (χ1v) is 6.38. The Morgan fingerprint density at radius 1 is 1.29 bits per heavy atom. The van der Waals surface area contributed by atoms with Gasteiger partial charge in [-0.1, -0.05) is 0 Å². The van der Waals surface area contributed by atoms with Crippen molar-refractivity contribution in [1.82, 2.24) is 9.80 Å². The minimum absolute atomic E-state index is 0.117. The van der Waals surface area contributed by atoms with Gasteiger partial charge in [0.1, 0.15) is 0 Å². The molecule has 2 fully saturated rings. The summed E-state index contributed by atoms with van der Waals surface area (Å²) in [6.45, 7) is 2.72. The maximum Gasteiger partial charge on any atom is 0.229 e. The van der Waals surface area contributed by atoms with Crippen molar-refractivity contribution >= 4 is 5.91 Å². The summed E-state index contributed by atoms with van der Waals surface area (Å²) in [4.78, 5) is 16.4. The fourth-order valence-electron chi connectivity index (χ4n) is 2.66. The summed E-state index contributed by atoms with van der Waals surface area (Å²) in [5.74, 6) is 0.0677. The van der Waals surface area contributed by atoms with E-state index in [1.807, 2.05) is 4.90 Å². The van der Waals surface area contributed by atoms with Crippen molar-refractivity contribution in [3.8, 4) is 0 Å². The van der Waals surface area contributed by atoms with Crippen LogP contribution in [0, 0.1) is 5.92 Å². The molecule has 2 N–H and O–H groups in total. The van der Waals surface area contributed by atoms with Crippen LogP contribution in [0.1, 0.15) is 12.8 Å². The van der Waals surface area contributed by atoms with E-state index in [-0.39, 0.29) is 17.9 Å². The molecule has 2 unspecified atom stereocenters. The summed E-state index contributed by atoms with van der Waals surface area (Å²) >= 11 is 0. The van der Waals surface area contributed by atoms with Crippen LogP contribution in [0.5, 0.6) is 0 Å². The zero-order chi connectivity index (χ0) is 12.4. The maximum atomic E-state index is 12.2. The monoisotopic (exact) mass is 241 g/mol. The third kappa shape index (κ3) is 2.78. The molecule has 0 aliphatic carbocycles. The number of hydrogen-bond acceptors (Lipinski definition) is 4. The number of carbonyl (C=O) groups excluding carboxylic acids is 1. The number of nitrogens with zero attached hydrogens (tertiary/aromatic N) is 2. The molecule has 98 valence electrons. The van der Waals surface area contributed by atoms with Gasteiger partial charge in [0.05, 0.1) is 19.1 Å². The smallest absolute Gasteiger partial charge is 0.229 e. The Morgan fingerprint density at radius 2 is 1.94 bits per heavy atom. The first-order valence-electron chi connectivity index (χ1n) is 6.38. The van der Waals surface area contributed by atoms with Crippen LogP contribution in [0.25, 0.3) is 0 Å². The molecule has 0 aromatic heterocycles. The molecule has 0 spiro atoms. The van der Waals surface area contributed by atoms with Crippen molar-refractivity contribution < 1.29 is 9.53 Å². The molecule has 0 bridgehead atoms. The number of hydrogen-bond donors (Lipinski definition) is 1. The molecular formula is C12H23N3O2. The minimum atomic E-state index is -0.120. The van der Waals surface area contributed by atoms with Gasteiger partial charge >= 0.3 is 0 Å². The lowest BCUT2D eigenvalue weighted by molar-refractivity contribution is -0.137. The fourth-order valence-corrected chi connectivity index (χ4v) is 2.66. The van der Waals surface area contributed by atoms with Crippen molar-refractivity contribution in [1.29, 1.82) is 0 Å². The van der Waals surface area contributed by atoms with Gasteiger partial charge in [0.15, 0.2) is 0 Å². The zero-order valence-corrected chi connectivity index (χ0v) is 10.8. The lowest BCUT2D eigenvalue weighted by atomic mass is 9.99. The van der Waals surface area contributed by atoms with Gasteiger partial charge in [-0.05, 0) is 26.9 Å². The highest BCUT2D eigenvalue weighted by atomic mass is 16.5. The molecule has 5 nitrogen and oxygen atoms in total. The average molecular weight is 241 g/mol. The van der Waals surface area contributed by atoms with Crippen LogP contribution >= 0.6 is 0 Å². The Morgan fingerprint density at radius 3 is 2.41 bits per heavy atom. The first kappa shape index (κ1) is 12.8. The summed E-state index contributed by atoms with van der Waals surface area (Å²) in [5, 5.41) is 0. The summed E-state index contributed by atoms with van der Waals surface area (Å²) in [6, 6.07) is 0.488. The van der Waals surface area contributed by atoms with E-state index < -0.39 is 0 Å². The Bertz CT molecular complexity index is 275. The van der Waals surface area contributed by atoms with Crippen molar-refractivity contribution in [3.63, 3.8) is 0 Å². The molecule has 2 atom stereocenters. The molecule has 1 amide bonds. The standard InChI is InChI=1S/C12H23N3O2/c1-14(2)9-3-5-15(6-4-9)12(16)10-7-17-8-11(10)13/h9-11H,3-8,13H2,1-2H3. The first-order chi connectivity index (χ1) is 8.09. The topological polar surface area (TPSA) is 58.8 Å². The molecule has 0 aromatic rings. The molecule has 0 saturated carbocycles. The zero-order valence-electron chi connectivity index (χ0n) is 10.8. The second-order valence-electron chi connectivity index (χ2n) is 5.33. The fraction of sp³-hybridized carbons (Fsp3) is 0.917. The molecular weight excluding hydrogens is 218 g/mol. The van der Waals surface area contributed by atoms with E-state index in [4.69, 9.17) is 10.5 Å². The number of nitrogens with two attached hydrogens (primary N) is 1. The molecule has 2 rings (SSSR count). The van der Waals surface area contributed by atoms with Crippen LogP contribution in [-0.4, -0.2) is 68.2 Å². The Labute approximate surface area is 103 Å². The van der Waals surface area contributed by atoms with Gasteiger partial charge < -0.3 is 20.3 Å². The number of amides is 1. The predicted molar refractivity (Wildman–Crippen MR) is 65.6 cm³/mol. The number of piperidine rings is 1. The second-order valence-corrected chi connectivity index (χ2v) is 5.33. The highest BCUT2D eigenvalue weighted by Crippen LogP contribution is 2.20. The number of ether oxygens (including phenoxy) is 1. The van der Waals surface area contributed by atoms with E-state index in [0.29, 0.717) is 19.3 Å². The molecule has 5 heteroatoms. The third-order valence-corrected chi connectivity index (χ3v) is 3.95. The minimum Gasteiger partial charge on any atom is -0.379 e. The highest BCUT2D eigenvalue weighted by molar-refractivity contribution is 5.80. The quantitative estimate of drug-likeness (QED) is 0.709. The van der Waals surface area contributed by atoms with Gasteiger partial charge in [-0.2, -0.15) is 0 Å². The van der Waals surface area contributed by atoms with Gasteiger partial charge in [-0.3, -0.25) is 4.79 Å². The van der Waals surface area contributed by atoms with Crippen molar-refractivity contribution in [2.45, 2.75) is 24.9 Å². The third-order valence-electron chi connectivity index (χ3n) is 3.95. The molecule has 17 heavy (non-hydrogen) atoms. The van der Waals surface area contributed by atoms with Crippen LogP contribution in [-0.2, 0) is 9.53 Å². The predicted octanol–water partition coefficient (Wildman–Crippen LogP) is -0.487. The summed E-state index contributed by atoms with van der Waals surface area (Å²) < 4.78 is 5.26. The van der Waals surface area contributed by atoms with Crippen molar-refractivity contribution in [2.75, 3.05) is 40.4 Å². The number of carbonyl (C=O) groups is 1. The van der Waals surface area contributed by atoms with E-state index in [1.165, 1.54) is 0 Å². The van der Waals surface area contributed by atoms with Gasteiger partial charge in [0.25, 0.3) is 0 Å². The normalized spacial score (nSPS) is 31.2. The van der Waals surface area contributed by atoms with E-state index in [2.05, 4.69) is 19.0 Å². The molecule has 2 aliphatic heterocycles. The van der Waals surface area contributed by atoms with Crippen molar-refractivity contribution in [3.05, 3.63) is 0 Å². The Hall–Kier alpha value is -0.650. The lowest BCUT2D eigenvalue weighted by Crippen LogP contribution is -2.49. The van der Waals surface area contributed by atoms with Crippen LogP contribution < -0.4 is 5.73 Å². The summed E-state index contributed by atoms with van der Waals surface area (Å²) in [5.41, 5.74) is 5.88. The average Bonchev–Trinajstić information content (AvgIpc) is 2.74. The number of rotatable bonds is 2. The molecule has 2 aliphatic rings. The molecule has 0 aromatic carbocycles. The largest absolute Gasteiger partial charge is 0.379 e. The van der Waals surface area contributed by atoms with Crippen LogP contribution in [0.3, 0.4) is 0 Å². The maximum absolute atomic E-state index is 12.2. The summed E-state index contributed by atoms with van der Waals surface area (Å²) in [6.07, 6.45) is 2.11. The van der Waals surface area contributed by atoms with Crippen LogP contribution in [0.2, 0.25) is 0 Å². The number of likely N-dealkylation sites (tertiary alicyclic amines) is 1. The molecule has 2 saturated heterocycles. The van der Waals surface area contributed by atoms with Crippen LogP contribution in [0.15, 0.2) is 0 Å². The van der Waals surface area contributed by atoms with Crippen LogP contribution in [0.4, 0.5) is 0 Å². The highest BCUT2D eigenvalue weighted by Gasteiger charge is 2.35. The van der Waals surface area contributed by atoms with Gasteiger partial charge in [-0.25, -0.2) is 0 Å². The Kier molecular flexibility index (Phi) is 4.01. The van der Waals surface area contributed by atoms with E-state index in [0.717, 1.165) is 25.9 Å². The van der Waals surface area contributed by atoms with E-state index >= 15 is 0 Å². The second kappa shape index (κ2) is 5.33. The Balaban J connectivity index is 1.86. The van der Waals surface area contributed by atoms with E-state index in [1.54, 1.807) is 0 Å². The van der Waals surface area contributed by atoms with Gasteiger partial charge in [0.2, 0.25) is 5.91 Å². The van der Waals surface area contributed by atoms with Gasteiger partial charge in [0, 0.05) is 25.2 Å².